The highest BCUT2D eigenvalue weighted by Gasteiger charge is 2.10. The van der Waals surface area contributed by atoms with Crippen LogP contribution in [-0.4, -0.2) is 5.91 Å². The minimum atomic E-state index is 0.139. The first-order valence-electron chi connectivity index (χ1n) is 5.04. The molecule has 0 aliphatic heterocycles. The fraction of sp³-hybridized carbons (Fsp3) is 0.545. The number of amides is 1. The van der Waals surface area contributed by atoms with Gasteiger partial charge >= 0.3 is 0 Å². The maximum Gasteiger partial charge on any atom is 0.223 e. The summed E-state index contributed by atoms with van der Waals surface area (Å²) >= 11 is 1.68. The van der Waals surface area contributed by atoms with E-state index in [0.717, 1.165) is 12.8 Å². The third kappa shape index (κ3) is 3.50. The molecule has 0 saturated heterocycles. The van der Waals surface area contributed by atoms with Crippen molar-refractivity contribution in [3.05, 3.63) is 22.4 Å². The zero-order valence-corrected chi connectivity index (χ0v) is 9.56. The maximum absolute atomic E-state index is 11.5. The molecule has 14 heavy (non-hydrogen) atoms. The predicted octanol–water partition coefficient (Wildman–Crippen LogP) is 2.80. The van der Waals surface area contributed by atoms with E-state index in [0.29, 0.717) is 6.54 Å². The van der Waals surface area contributed by atoms with Crippen molar-refractivity contribution < 1.29 is 4.79 Å². The van der Waals surface area contributed by atoms with E-state index in [9.17, 15) is 4.79 Å². The van der Waals surface area contributed by atoms with E-state index in [1.165, 1.54) is 4.88 Å². The second-order valence-corrected chi connectivity index (χ2v) is 4.52. The normalized spacial score (nSPS) is 12.4. The Morgan fingerprint density at radius 2 is 2.43 bits per heavy atom. The molecule has 0 unspecified atom stereocenters. The fourth-order valence-corrected chi connectivity index (χ4v) is 1.97. The predicted molar refractivity (Wildman–Crippen MR) is 60.2 cm³/mol. The Morgan fingerprint density at radius 1 is 1.64 bits per heavy atom. The smallest absolute Gasteiger partial charge is 0.223 e. The first-order chi connectivity index (χ1) is 6.74. The van der Waals surface area contributed by atoms with Gasteiger partial charge in [0.25, 0.3) is 0 Å². The zero-order valence-electron chi connectivity index (χ0n) is 8.75. The molecule has 0 spiro atoms. The van der Waals surface area contributed by atoms with Crippen LogP contribution in [0.1, 0.15) is 31.6 Å². The van der Waals surface area contributed by atoms with E-state index in [2.05, 4.69) is 12.2 Å². The number of carbonyl (C=O) groups is 1. The molecule has 1 rings (SSSR count). The van der Waals surface area contributed by atoms with Crippen LogP contribution < -0.4 is 5.32 Å². The van der Waals surface area contributed by atoms with Gasteiger partial charge < -0.3 is 5.32 Å². The van der Waals surface area contributed by atoms with Crippen molar-refractivity contribution in [1.29, 1.82) is 0 Å². The van der Waals surface area contributed by atoms with E-state index >= 15 is 0 Å². The molecule has 1 amide bonds. The van der Waals surface area contributed by atoms with Crippen LogP contribution in [0.2, 0.25) is 0 Å². The van der Waals surface area contributed by atoms with E-state index < -0.39 is 0 Å². The van der Waals surface area contributed by atoms with Crippen molar-refractivity contribution >= 4 is 17.2 Å². The molecule has 0 fully saturated rings. The summed E-state index contributed by atoms with van der Waals surface area (Å²) in [6.45, 7) is 4.75. The SMILES string of the molecule is CCC[C@H](C)C(=O)NCc1cccs1. The second-order valence-electron chi connectivity index (χ2n) is 3.49. The van der Waals surface area contributed by atoms with Gasteiger partial charge in [0.15, 0.2) is 0 Å². The van der Waals surface area contributed by atoms with Gasteiger partial charge in [0.1, 0.15) is 0 Å². The van der Waals surface area contributed by atoms with Crippen LogP contribution in [0.25, 0.3) is 0 Å². The largest absolute Gasteiger partial charge is 0.351 e. The lowest BCUT2D eigenvalue weighted by atomic mass is 10.1. The molecule has 78 valence electrons. The number of hydrogen-bond donors (Lipinski definition) is 1. The summed E-state index contributed by atoms with van der Waals surface area (Å²) in [5, 5.41) is 4.97. The molecule has 0 bridgehead atoms. The second kappa shape index (κ2) is 5.81. The minimum Gasteiger partial charge on any atom is -0.351 e. The highest BCUT2D eigenvalue weighted by atomic mass is 32.1. The van der Waals surface area contributed by atoms with E-state index in [1.807, 2.05) is 24.4 Å². The van der Waals surface area contributed by atoms with Crippen LogP contribution in [0.3, 0.4) is 0 Å². The van der Waals surface area contributed by atoms with Gasteiger partial charge in [0.05, 0.1) is 6.54 Å². The molecule has 0 aromatic carbocycles. The van der Waals surface area contributed by atoms with Gasteiger partial charge in [0, 0.05) is 10.8 Å². The molecule has 0 aliphatic carbocycles. The Labute approximate surface area is 89.3 Å². The van der Waals surface area contributed by atoms with Crippen molar-refractivity contribution in [2.24, 2.45) is 5.92 Å². The average Bonchev–Trinajstić information content (AvgIpc) is 2.67. The summed E-state index contributed by atoms with van der Waals surface area (Å²) in [5.74, 6) is 0.306. The van der Waals surface area contributed by atoms with Crippen molar-refractivity contribution in [2.75, 3.05) is 0 Å². The Balaban J connectivity index is 2.27. The van der Waals surface area contributed by atoms with E-state index in [-0.39, 0.29) is 11.8 Å². The summed E-state index contributed by atoms with van der Waals surface area (Å²) in [7, 11) is 0. The van der Waals surface area contributed by atoms with Gasteiger partial charge in [0.2, 0.25) is 5.91 Å². The lowest BCUT2D eigenvalue weighted by molar-refractivity contribution is -0.124. The summed E-state index contributed by atoms with van der Waals surface area (Å²) in [6.07, 6.45) is 2.03. The van der Waals surface area contributed by atoms with Gasteiger partial charge in [-0.15, -0.1) is 11.3 Å². The van der Waals surface area contributed by atoms with Gasteiger partial charge in [-0.3, -0.25) is 4.79 Å². The van der Waals surface area contributed by atoms with Crippen LogP contribution in [0, 0.1) is 5.92 Å². The first-order valence-corrected chi connectivity index (χ1v) is 5.92. The number of rotatable bonds is 5. The molecule has 1 heterocycles. The highest BCUT2D eigenvalue weighted by molar-refractivity contribution is 7.09. The van der Waals surface area contributed by atoms with Crippen LogP contribution in [0.4, 0.5) is 0 Å². The van der Waals surface area contributed by atoms with E-state index in [4.69, 9.17) is 0 Å². The number of carbonyl (C=O) groups excluding carboxylic acids is 1. The van der Waals surface area contributed by atoms with E-state index in [1.54, 1.807) is 11.3 Å². The molecule has 1 aromatic heterocycles. The topological polar surface area (TPSA) is 29.1 Å². The Kier molecular flexibility index (Phi) is 4.66. The number of thiophene rings is 1. The van der Waals surface area contributed by atoms with Gasteiger partial charge in [-0.2, -0.15) is 0 Å². The van der Waals surface area contributed by atoms with Gasteiger partial charge in [-0.1, -0.05) is 26.3 Å². The summed E-state index contributed by atoms with van der Waals surface area (Å²) < 4.78 is 0. The third-order valence-electron chi connectivity index (χ3n) is 2.19. The molecular formula is C11H17NOS. The van der Waals surface area contributed by atoms with Crippen molar-refractivity contribution in [1.82, 2.24) is 5.32 Å². The monoisotopic (exact) mass is 211 g/mol. The molecule has 0 saturated carbocycles. The fourth-order valence-electron chi connectivity index (χ4n) is 1.33. The third-order valence-corrected chi connectivity index (χ3v) is 3.06. The van der Waals surface area contributed by atoms with Crippen molar-refractivity contribution in [2.45, 2.75) is 33.2 Å². The molecule has 1 N–H and O–H groups in total. The maximum atomic E-state index is 11.5. The van der Waals surface area contributed by atoms with Crippen LogP contribution >= 0.6 is 11.3 Å². The Hall–Kier alpha value is -0.830. The van der Waals surface area contributed by atoms with Crippen LogP contribution in [0.15, 0.2) is 17.5 Å². The first kappa shape index (κ1) is 11.2. The molecule has 1 atom stereocenters. The van der Waals surface area contributed by atoms with Crippen molar-refractivity contribution in [3.8, 4) is 0 Å². The summed E-state index contributed by atoms with van der Waals surface area (Å²) in [4.78, 5) is 12.7. The van der Waals surface area contributed by atoms with Crippen LogP contribution in [0.5, 0.6) is 0 Å². The standard InChI is InChI=1S/C11H17NOS/c1-3-5-9(2)11(13)12-8-10-6-4-7-14-10/h4,6-7,9H,3,5,8H2,1-2H3,(H,12,13)/t9-/m0/s1. The van der Waals surface area contributed by atoms with Gasteiger partial charge in [-0.05, 0) is 17.9 Å². The Bertz CT molecular complexity index is 269. The minimum absolute atomic E-state index is 0.139. The lowest BCUT2D eigenvalue weighted by Gasteiger charge is -2.09. The number of hydrogen-bond acceptors (Lipinski definition) is 2. The molecule has 0 aliphatic rings. The zero-order chi connectivity index (χ0) is 10.4. The summed E-state index contributed by atoms with van der Waals surface area (Å²) in [6, 6.07) is 4.04. The Morgan fingerprint density at radius 3 is 3.00 bits per heavy atom. The highest BCUT2D eigenvalue weighted by Crippen LogP contribution is 2.09. The molecule has 1 aromatic rings. The van der Waals surface area contributed by atoms with Gasteiger partial charge in [-0.25, -0.2) is 0 Å². The summed E-state index contributed by atoms with van der Waals surface area (Å²) in [5.41, 5.74) is 0. The molecular weight excluding hydrogens is 194 g/mol. The number of nitrogens with one attached hydrogen (secondary N) is 1. The average molecular weight is 211 g/mol. The molecule has 0 radical (unpaired) electrons. The van der Waals surface area contributed by atoms with Crippen LogP contribution in [-0.2, 0) is 11.3 Å². The molecule has 3 heteroatoms. The van der Waals surface area contributed by atoms with Crippen molar-refractivity contribution in [3.63, 3.8) is 0 Å². The molecule has 2 nitrogen and oxygen atoms in total. The quantitative estimate of drug-likeness (QED) is 0.797. The lowest BCUT2D eigenvalue weighted by Crippen LogP contribution is -2.28.